The fourth-order valence-corrected chi connectivity index (χ4v) is 1.59. The van der Waals surface area contributed by atoms with Gasteiger partial charge in [0.15, 0.2) is 0 Å². The summed E-state index contributed by atoms with van der Waals surface area (Å²) in [4.78, 5) is 14.8. The third-order valence-electron chi connectivity index (χ3n) is 2.33. The summed E-state index contributed by atoms with van der Waals surface area (Å²) in [7, 11) is 0. The lowest BCUT2D eigenvalue weighted by atomic mass is 10.0. The molecule has 1 heterocycles. The number of halogens is 2. The molecule has 0 saturated carbocycles. The van der Waals surface area contributed by atoms with E-state index in [1.807, 2.05) is 0 Å². The Hall–Kier alpha value is -2.50. The number of aromatic nitrogens is 1. The van der Waals surface area contributed by atoms with Crippen molar-refractivity contribution >= 4 is 11.8 Å². The summed E-state index contributed by atoms with van der Waals surface area (Å²) in [6.07, 6.45) is 1.17. The maximum absolute atomic E-state index is 13.1. The van der Waals surface area contributed by atoms with E-state index in [0.717, 1.165) is 18.2 Å². The van der Waals surface area contributed by atoms with Crippen molar-refractivity contribution in [3.63, 3.8) is 0 Å². The molecule has 0 aliphatic carbocycles. The lowest BCUT2D eigenvalue weighted by Crippen LogP contribution is -2.03. The quantitative estimate of drug-likeness (QED) is 0.857. The number of rotatable bonds is 2. The molecule has 6 heteroatoms. The van der Waals surface area contributed by atoms with Crippen molar-refractivity contribution < 1.29 is 18.7 Å². The van der Waals surface area contributed by atoms with E-state index in [1.165, 1.54) is 6.20 Å². The van der Waals surface area contributed by atoms with Gasteiger partial charge in [-0.1, -0.05) is 0 Å². The van der Waals surface area contributed by atoms with Crippen LogP contribution in [-0.2, 0) is 0 Å². The van der Waals surface area contributed by atoms with Gasteiger partial charge in [-0.05, 0) is 23.8 Å². The highest BCUT2D eigenvalue weighted by molar-refractivity contribution is 5.96. The second kappa shape index (κ2) is 4.40. The minimum atomic E-state index is -1.25. The molecule has 0 fully saturated rings. The molecule has 0 saturated heterocycles. The third-order valence-corrected chi connectivity index (χ3v) is 2.33. The summed E-state index contributed by atoms with van der Waals surface area (Å²) in [5, 5.41) is 9.02. The van der Waals surface area contributed by atoms with Crippen LogP contribution in [0.4, 0.5) is 14.6 Å². The van der Waals surface area contributed by atoms with Crippen molar-refractivity contribution in [3.05, 3.63) is 47.7 Å². The average Bonchev–Trinajstić information content (AvgIpc) is 2.27. The van der Waals surface area contributed by atoms with Gasteiger partial charge in [0.25, 0.3) is 0 Å². The van der Waals surface area contributed by atoms with Gasteiger partial charge < -0.3 is 10.8 Å². The van der Waals surface area contributed by atoms with Gasteiger partial charge in [-0.15, -0.1) is 0 Å². The van der Waals surface area contributed by atoms with Crippen LogP contribution in [0.3, 0.4) is 0 Å². The summed E-state index contributed by atoms with van der Waals surface area (Å²) in [5.74, 6) is -2.81. The number of hydrogen-bond donors (Lipinski definition) is 2. The Morgan fingerprint density at radius 1 is 1.17 bits per heavy atom. The summed E-state index contributed by atoms with van der Waals surface area (Å²) in [6, 6.07) is 3.90. The van der Waals surface area contributed by atoms with Crippen LogP contribution in [0.25, 0.3) is 11.1 Å². The molecule has 0 amide bonds. The zero-order valence-electron chi connectivity index (χ0n) is 9.02. The molecular formula is C12H8F2N2O2. The maximum atomic E-state index is 13.1. The molecular weight excluding hydrogens is 242 g/mol. The van der Waals surface area contributed by atoms with Gasteiger partial charge in [0, 0.05) is 17.8 Å². The number of nitrogen functional groups attached to an aromatic ring is 1. The molecule has 3 N–H and O–H groups in total. The van der Waals surface area contributed by atoms with Crippen LogP contribution >= 0.6 is 0 Å². The Morgan fingerprint density at radius 3 is 2.33 bits per heavy atom. The van der Waals surface area contributed by atoms with Crippen LogP contribution in [0.5, 0.6) is 0 Å². The molecule has 0 spiro atoms. The minimum absolute atomic E-state index is 0.0213. The van der Waals surface area contributed by atoms with Crippen LogP contribution in [0.15, 0.2) is 30.5 Å². The molecule has 0 aliphatic rings. The predicted molar refractivity (Wildman–Crippen MR) is 61.0 cm³/mol. The van der Waals surface area contributed by atoms with Crippen molar-refractivity contribution in [3.8, 4) is 11.1 Å². The van der Waals surface area contributed by atoms with Gasteiger partial charge in [-0.25, -0.2) is 18.6 Å². The number of nitrogens with zero attached hydrogens (tertiary/aromatic N) is 1. The number of carbonyl (C=O) groups is 1. The second-order valence-electron chi connectivity index (χ2n) is 3.62. The van der Waals surface area contributed by atoms with E-state index in [2.05, 4.69) is 4.98 Å². The number of anilines is 1. The fourth-order valence-electron chi connectivity index (χ4n) is 1.59. The number of nitrogens with two attached hydrogens (primary N) is 1. The van der Waals surface area contributed by atoms with Gasteiger partial charge >= 0.3 is 5.97 Å². The van der Waals surface area contributed by atoms with Gasteiger partial charge in [0.05, 0.1) is 5.56 Å². The zero-order chi connectivity index (χ0) is 13.3. The third kappa shape index (κ3) is 2.27. The molecule has 0 atom stereocenters. The highest BCUT2D eigenvalue weighted by Gasteiger charge is 2.14. The Balaban J connectivity index is 2.66. The monoisotopic (exact) mass is 250 g/mol. The van der Waals surface area contributed by atoms with Crippen molar-refractivity contribution in [1.82, 2.24) is 4.98 Å². The normalized spacial score (nSPS) is 10.3. The van der Waals surface area contributed by atoms with Crippen LogP contribution in [0.2, 0.25) is 0 Å². The van der Waals surface area contributed by atoms with Crippen LogP contribution in [-0.4, -0.2) is 16.1 Å². The molecule has 1 aromatic carbocycles. The molecule has 92 valence electrons. The van der Waals surface area contributed by atoms with E-state index < -0.39 is 17.6 Å². The number of aromatic carboxylic acids is 1. The summed E-state index contributed by atoms with van der Waals surface area (Å²) >= 11 is 0. The molecule has 1 aromatic heterocycles. The lowest BCUT2D eigenvalue weighted by molar-refractivity contribution is 0.0697. The Bertz CT molecular complexity index is 609. The highest BCUT2D eigenvalue weighted by Crippen LogP contribution is 2.25. The first kappa shape index (κ1) is 12.0. The molecule has 0 bridgehead atoms. The standard InChI is InChI=1S/C12H8F2N2O2/c13-7-1-6(2-8(14)3-7)10-5-16-11(15)4-9(10)12(17)18/h1-5H,(H2,15,16)(H,17,18). The van der Waals surface area contributed by atoms with Crippen molar-refractivity contribution in [2.75, 3.05) is 5.73 Å². The van der Waals surface area contributed by atoms with Crippen molar-refractivity contribution in [1.29, 1.82) is 0 Å². The molecule has 0 radical (unpaired) electrons. The Kier molecular flexibility index (Phi) is 2.93. The van der Waals surface area contributed by atoms with E-state index >= 15 is 0 Å². The van der Waals surface area contributed by atoms with Crippen molar-refractivity contribution in [2.45, 2.75) is 0 Å². The predicted octanol–water partition coefficient (Wildman–Crippen LogP) is 2.31. The molecule has 18 heavy (non-hydrogen) atoms. The molecule has 2 aromatic rings. The first-order valence-electron chi connectivity index (χ1n) is 4.92. The smallest absolute Gasteiger partial charge is 0.336 e. The van der Waals surface area contributed by atoms with Crippen LogP contribution < -0.4 is 5.73 Å². The SMILES string of the molecule is Nc1cc(C(=O)O)c(-c2cc(F)cc(F)c2)cn1. The molecule has 0 unspecified atom stereocenters. The molecule has 4 nitrogen and oxygen atoms in total. The number of carboxylic acid groups (broad SMARTS) is 1. The first-order valence-corrected chi connectivity index (χ1v) is 4.92. The first-order chi connectivity index (χ1) is 8.47. The van der Waals surface area contributed by atoms with Gasteiger partial charge in [0.2, 0.25) is 0 Å². The minimum Gasteiger partial charge on any atom is -0.478 e. The number of benzene rings is 1. The van der Waals surface area contributed by atoms with Gasteiger partial charge in [0.1, 0.15) is 17.5 Å². The van der Waals surface area contributed by atoms with Gasteiger partial charge in [-0.3, -0.25) is 0 Å². The topological polar surface area (TPSA) is 76.2 Å². The van der Waals surface area contributed by atoms with E-state index in [9.17, 15) is 13.6 Å². The fraction of sp³-hybridized carbons (Fsp3) is 0. The Morgan fingerprint density at radius 2 is 1.78 bits per heavy atom. The number of carboxylic acids is 1. The van der Waals surface area contributed by atoms with Gasteiger partial charge in [-0.2, -0.15) is 0 Å². The average molecular weight is 250 g/mol. The highest BCUT2D eigenvalue weighted by atomic mass is 19.1. The summed E-state index contributed by atoms with van der Waals surface area (Å²) < 4.78 is 26.2. The van der Waals surface area contributed by atoms with E-state index in [0.29, 0.717) is 6.07 Å². The second-order valence-corrected chi connectivity index (χ2v) is 3.62. The number of pyridine rings is 1. The lowest BCUT2D eigenvalue weighted by Gasteiger charge is -2.07. The van der Waals surface area contributed by atoms with E-state index in [4.69, 9.17) is 10.8 Å². The van der Waals surface area contributed by atoms with Crippen LogP contribution in [0, 0.1) is 11.6 Å². The summed E-state index contributed by atoms with van der Waals surface area (Å²) in [5.41, 5.74) is 5.42. The number of hydrogen-bond acceptors (Lipinski definition) is 3. The largest absolute Gasteiger partial charge is 0.478 e. The van der Waals surface area contributed by atoms with E-state index in [1.54, 1.807) is 0 Å². The summed E-state index contributed by atoms with van der Waals surface area (Å²) in [6.45, 7) is 0. The van der Waals surface area contributed by atoms with E-state index in [-0.39, 0.29) is 22.5 Å². The van der Waals surface area contributed by atoms with Crippen LogP contribution in [0.1, 0.15) is 10.4 Å². The molecule has 2 rings (SSSR count). The zero-order valence-corrected chi connectivity index (χ0v) is 9.02. The molecule has 0 aliphatic heterocycles. The maximum Gasteiger partial charge on any atom is 0.336 e. The van der Waals surface area contributed by atoms with Crippen molar-refractivity contribution in [2.24, 2.45) is 0 Å². The Labute approximate surface area is 101 Å².